The van der Waals surface area contributed by atoms with E-state index in [1.54, 1.807) is 56.4 Å². The van der Waals surface area contributed by atoms with Crippen molar-refractivity contribution in [3.8, 4) is 17.2 Å². The van der Waals surface area contributed by atoms with Crippen LogP contribution in [-0.2, 0) is 13.1 Å². The minimum absolute atomic E-state index is 0.0359. The molecule has 0 bridgehead atoms. The van der Waals surface area contributed by atoms with Crippen molar-refractivity contribution in [3.63, 3.8) is 0 Å². The number of halogens is 4. The molecular weight excluding hydrogens is 418 g/mol. The number of hydrogen-bond acceptors (Lipinski definition) is 4. The Morgan fingerprint density at radius 1 is 1.00 bits per heavy atom. The standard InChI is InChI=1S/C21H25F4N3O3/c1-3-29-17-9-5-7-15(19(17)31-20(24)25)12-28-21(26-2)27-11-14-6-4-8-16(10-14)30-13-18(22)23/h4-10,18,20H,3,11-13H2,1-2H3,(H2,26,27,28). The molecule has 0 spiro atoms. The van der Waals surface area contributed by atoms with E-state index in [1.807, 2.05) is 0 Å². The van der Waals surface area contributed by atoms with Crippen molar-refractivity contribution in [2.45, 2.75) is 33.1 Å². The fourth-order valence-electron chi connectivity index (χ4n) is 2.68. The molecule has 0 aromatic heterocycles. The lowest BCUT2D eigenvalue weighted by Gasteiger charge is -2.17. The topological polar surface area (TPSA) is 64.1 Å². The third-order valence-electron chi connectivity index (χ3n) is 3.97. The summed E-state index contributed by atoms with van der Waals surface area (Å²) in [6, 6.07) is 11.6. The summed E-state index contributed by atoms with van der Waals surface area (Å²) in [6.45, 7) is -1.12. The van der Waals surface area contributed by atoms with Gasteiger partial charge in [0, 0.05) is 25.7 Å². The van der Waals surface area contributed by atoms with E-state index in [0.29, 0.717) is 30.4 Å². The van der Waals surface area contributed by atoms with E-state index in [0.717, 1.165) is 5.56 Å². The van der Waals surface area contributed by atoms with Crippen LogP contribution in [0.3, 0.4) is 0 Å². The summed E-state index contributed by atoms with van der Waals surface area (Å²) in [6.07, 6.45) is -2.55. The first-order chi connectivity index (χ1) is 14.9. The molecule has 0 aliphatic rings. The van der Waals surface area contributed by atoms with E-state index in [-0.39, 0.29) is 18.0 Å². The van der Waals surface area contributed by atoms with Gasteiger partial charge < -0.3 is 24.8 Å². The van der Waals surface area contributed by atoms with E-state index in [1.165, 1.54) is 0 Å². The Morgan fingerprint density at radius 3 is 2.42 bits per heavy atom. The predicted octanol–water partition coefficient (Wildman–Crippen LogP) is 4.20. The zero-order valence-electron chi connectivity index (χ0n) is 17.2. The van der Waals surface area contributed by atoms with Crippen LogP contribution in [0.4, 0.5) is 17.6 Å². The largest absolute Gasteiger partial charge is 0.490 e. The zero-order chi connectivity index (χ0) is 22.6. The lowest BCUT2D eigenvalue weighted by atomic mass is 10.2. The van der Waals surface area contributed by atoms with Gasteiger partial charge in [-0.3, -0.25) is 4.99 Å². The summed E-state index contributed by atoms with van der Waals surface area (Å²) in [5.74, 6) is 0.935. The number of aliphatic imine (C=N–C) groups is 1. The third-order valence-corrected chi connectivity index (χ3v) is 3.97. The molecule has 0 aliphatic heterocycles. The molecule has 6 nitrogen and oxygen atoms in total. The average Bonchev–Trinajstić information content (AvgIpc) is 2.74. The van der Waals surface area contributed by atoms with Crippen molar-refractivity contribution in [2.24, 2.45) is 4.99 Å². The second kappa shape index (κ2) is 12.5. The van der Waals surface area contributed by atoms with Crippen LogP contribution in [0.25, 0.3) is 0 Å². The minimum atomic E-state index is -2.99. The Balaban J connectivity index is 1.99. The van der Waals surface area contributed by atoms with Crippen molar-refractivity contribution in [1.82, 2.24) is 10.6 Å². The lowest BCUT2D eigenvalue weighted by molar-refractivity contribution is -0.0520. The number of hydrogen-bond donors (Lipinski definition) is 2. The molecule has 2 rings (SSSR count). The molecule has 0 radical (unpaired) electrons. The summed E-state index contributed by atoms with van der Waals surface area (Å²) < 4.78 is 65.3. The Morgan fingerprint density at radius 2 is 1.74 bits per heavy atom. The SMILES string of the molecule is CCOc1cccc(CNC(=NC)NCc2cccc(OCC(F)F)c2)c1OC(F)F. The summed E-state index contributed by atoms with van der Waals surface area (Å²) >= 11 is 0. The first kappa shape index (κ1) is 24.1. The quantitative estimate of drug-likeness (QED) is 0.310. The maximum absolute atomic E-state index is 12.8. The molecule has 2 aromatic rings. The summed E-state index contributed by atoms with van der Waals surface area (Å²) in [5, 5.41) is 6.08. The minimum Gasteiger partial charge on any atom is -0.490 e. The average molecular weight is 443 g/mol. The monoisotopic (exact) mass is 443 g/mol. The normalized spacial score (nSPS) is 11.5. The third kappa shape index (κ3) is 8.23. The van der Waals surface area contributed by atoms with Crippen LogP contribution in [0.1, 0.15) is 18.1 Å². The number of rotatable bonds is 11. The molecule has 0 atom stereocenters. The number of alkyl halides is 4. The van der Waals surface area contributed by atoms with Gasteiger partial charge in [-0.05, 0) is 30.7 Å². The summed E-state index contributed by atoms with van der Waals surface area (Å²) in [5.41, 5.74) is 1.26. The van der Waals surface area contributed by atoms with Crippen LogP contribution < -0.4 is 24.8 Å². The number of benzene rings is 2. The van der Waals surface area contributed by atoms with Gasteiger partial charge in [0.1, 0.15) is 12.4 Å². The smallest absolute Gasteiger partial charge is 0.387 e. The molecule has 170 valence electrons. The van der Waals surface area contributed by atoms with E-state index in [4.69, 9.17) is 9.47 Å². The van der Waals surface area contributed by atoms with Gasteiger partial charge in [-0.25, -0.2) is 8.78 Å². The van der Waals surface area contributed by atoms with Gasteiger partial charge in [0.05, 0.1) is 6.61 Å². The highest BCUT2D eigenvalue weighted by Crippen LogP contribution is 2.32. The van der Waals surface area contributed by atoms with Crippen LogP contribution in [-0.4, -0.2) is 39.3 Å². The van der Waals surface area contributed by atoms with Crippen molar-refractivity contribution in [2.75, 3.05) is 20.3 Å². The van der Waals surface area contributed by atoms with E-state index in [9.17, 15) is 17.6 Å². The maximum atomic E-state index is 12.8. The highest BCUT2D eigenvalue weighted by molar-refractivity contribution is 5.79. The first-order valence-electron chi connectivity index (χ1n) is 9.56. The molecule has 0 amide bonds. The van der Waals surface area contributed by atoms with Gasteiger partial charge in [-0.15, -0.1) is 0 Å². The molecule has 0 fully saturated rings. The van der Waals surface area contributed by atoms with Crippen molar-refractivity contribution < 1.29 is 31.8 Å². The van der Waals surface area contributed by atoms with Gasteiger partial charge in [-0.1, -0.05) is 24.3 Å². The van der Waals surface area contributed by atoms with Crippen molar-refractivity contribution in [1.29, 1.82) is 0 Å². The number of ether oxygens (including phenoxy) is 3. The van der Waals surface area contributed by atoms with Crippen LogP contribution in [0, 0.1) is 0 Å². The number of para-hydroxylation sites is 1. The van der Waals surface area contributed by atoms with Gasteiger partial charge in [0.2, 0.25) is 0 Å². The molecular formula is C21H25F4N3O3. The molecule has 2 aromatic carbocycles. The van der Waals surface area contributed by atoms with Gasteiger partial charge in [-0.2, -0.15) is 8.78 Å². The van der Waals surface area contributed by atoms with Crippen LogP contribution >= 0.6 is 0 Å². The Kier molecular flexibility index (Phi) is 9.73. The Bertz CT molecular complexity index is 850. The molecule has 2 N–H and O–H groups in total. The summed E-state index contributed by atoms with van der Waals surface area (Å²) in [4.78, 5) is 4.09. The molecule has 0 unspecified atom stereocenters. The van der Waals surface area contributed by atoms with Gasteiger partial charge >= 0.3 is 6.61 Å². The van der Waals surface area contributed by atoms with E-state index < -0.39 is 19.6 Å². The fraction of sp³-hybridized carbons (Fsp3) is 0.381. The highest BCUT2D eigenvalue weighted by atomic mass is 19.3. The highest BCUT2D eigenvalue weighted by Gasteiger charge is 2.16. The van der Waals surface area contributed by atoms with Crippen LogP contribution in [0.5, 0.6) is 17.2 Å². The Labute approximate surface area is 178 Å². The molecule has 0 heterocycles. The Hall–Kier alpha value is -3.17. The van der Waals surface area contributed by atoms with Gasteiger partial charge in [0.15, 0.2) is 17.5 Å². The van der Waals surface area contributed by atoms with E-state index >= 15 is 0 Å². The van der Waals surface area contributed by atoms with E-state index in [2.05, 4.69) is 20.4 Å². The molecule has 0 saturated carbocycles. The second-order valence-corrected chi connectivity index (χ2v) is 6.18. The lowest BCUT2D eigenvalue weighted by Crippen LogP contribution is -2.36. The second-order valence-electron chi connectivity index (χ2n) is 6.18. The molecule has 31 heavy (non-hydrogen) atoms. The first-order valence-corrected chi connectivity index (χ1v) is 9.56. The molecule has 0 saturated heterocycles. The van der Waals surface area contributed by atoms with Crippen LogP contribution in [0.15, 0.2) is 47.5 Å². The molecule has 10 heteroatoms. The number of nitrogens with one attached hydrogen (secondary N) is 2. The molecule has 0 aliphatic carbocycles. The van der Waals surface area contributed by atoms with Crippen molar-refractivity contribution >= 4 is 5.96 Å². The maximum Gasteiger partial charge on any atom is 0.387 e. The predicted molar refractivity (Wildman–Crippen MR) is 109 cm³/mol. The van der Waals surface area contributed by atoms with Crippen LogP contribution in [0.2, 0.25) is 0 Å². The zero-order valence-corrected chi connectivity index (χ0v) is 17.2. The van der Waals surface area contributed by atoms with Gasteiger partial charge in [0.25, 0.3) is 6.43 Å². The fourth-order valence-corrected chi connectivity index (χ4v) is 2.68. The number of guanidine groups is 1. The van der Waals surface area contributed by atoms with Crippen molar-refractivity contribution in [3.05, 3.63) is 53.6 Å². The summed E-state index contributed by atoms with van der Waals surface area (Å²) in [7, 11) is 1.56. The number of nitrogens with zero attached hydrogens (tertiary/aromatic N) is 1.